The number of carbonyl (C=O) groups excluding carboxylic acids is 1. The summed E-state index contributed by atoms with van der Waals surface area (Å²) in [7, 11) is 0. The van der Waals surface area contributed by atoms with Gasteiger partial charge in [-0.3, -0.25) is 9.89 Å². The Morgan fingerprint density at radius 1 is 1.44 bits per heavy atom. The van der Waals surface area contributed by atoms with E-state index in [0.29, 0.717) is 17.3 Å². The monoisotopic (exact) mass is 248 g/mol. The highest BCUT2D eigenvalue weighted by molar-refractivity contribution is 5.90. The van der Waals surface area contributed by atoms with Crippen molar-refractivity contribution in [3.63, 3.8) is 0 Å². The first-order chi connectivity index (χ1) is 8.39. The Kier molecular flexibility index (Phi) is 2.31. The summed E-state index contributed by atoms with van der Waals surface area (Å²) in [5.41, 5.74) is 0.593. The second-order valence-corrected chi connectivity index (χ2v) is 6.98. The molecule has 2 bridgehead atoms. The van der Waals surface area contributed by atoms with E-state index in [1.807, 2.05) is 4.90 Å². The fourth-order valence-electron chi connectivity index (χ4n) is 4.14. The van der Waals surface area contributed by atoms with E-state index in [1.54, 1.807) is 0 Å². The third-order valence-electron chi connectivity index (χ3n) is 4.29. The van der Waals surface area contributed by atoms with Gasteiger partial charge in [0.05, 0.1) is 0 Å². The van der Waals surface area contributed by atoms with Crippen molar-refractivity contribution < 1.29 is 4.79 Å². The molecule has 5 nitrogen and oxygen atoms in total. The van der Waals surface area contributed by atoms with Gasteiger partial charge in [-0.25, -0.2) is 4.98 Å². The van der Waals surface area contributed by atoms with E-state index in [1.165, 1.54) is 12.7 Å². The van der Waals surface area contributed by atoms with Crippen molar-refractivity contribution in [3.8, 4) is 0 Å². The van der Waals surface area contributed by atoms with E-state index in [-0.39, 0.29) is 11.3 Å². The second kappa shape index (κ2) is 3.56. The van der Waals surface area contributed by atoms with E-state index in [2.05, 4.69) is 36.0 Å². The third-order valence-corrected chi connectivity index (χ3v) is 4.29. The number of carbonyl (C=O) groups is 1. The Morgan fingerprint density at radius 2 is 2.22 bits per heavy atom. The van der Waals surface area contributed by atoms with Crippen LogP contribution in [0.25, 0.3) is 0 Å². The number of aromatic amines is 1. The SMILES string of the molecule is CC1(C)CC2CC(C)(CN2C(=O)c2ncn[nH]2)C1. The van der Waals surface area contributed by atoms with Gasteiger partial charge in [0.15, 0.2) is 0 Å². The predicted molar refractivity (Wildman–Crippen MR) is 66.9 cm³/mol. The van der Waals surface area contributed by atoms with Gasteiger partial charge in [0.2, 0.25) is 5.82 Å². The van der Waals surface area contributed by atoms with Crippen LogP contribution in [-0.4, -0.2) is 38.6 Å². The summed E-state index contributed by atoms with van der Waals surface area (Å²) >= 11 is 0. The Labute approximate surface area is 107 Å². The maximum atomic E-state index is 12.4. The first-order valence-electron chi connectivity index (χ1n) is 6.55. The molecule has 2 aliphatic rings. The Morgan fingerprint density at radius 3 is 2.89 bits per heavy atom. The molecule has 2 unspecified atom stereocenters. The zero-order chi connectivity index (χ0) is 13.0. The van der Waals surface area contributed by atoms with E-state index in [4.69, 9.17) is 0 Å². The summed E-state index contributed by atoms with van der Waals surface area (Å²) in [6.07, 6.45) is 4.79. The fourth-order valence-corrected chi connectivity index (χ4v) is 4.14. The van der Waals surface area contributed by atoms with Gasteiger partial charge in [0, 0.05) is 12.6 Å². The molecule has 98 valence electrons. The number of aromatic nitrogens is 3. The number of rotatable bonds is 1. The van der Waals surface area contributed by atoms with Crippen LogP contribution >= 0.6 is 0 Å². The maximum Gasteiger partial charge on any atom is 0.291 e. The topological polar surface area (TPSA) is 61.9 Å². The van der Waals surface area contributed by atoms with E-state index >= 15 is 0 Å². The molecule has 1 aliphatic heterocycles. The molecule has 18 heavy (non-hydrogen) atoms. The lowest BCUT2D eigenvalue weighted by Crippen LogP contribution is -2.38. The maximum absolute atomic E-state index is 12.4. The van der Waals surface area contributed by atoms with Crippen molar-refractivity contribution in [1.29, 1.82) is 0 Å². The Hall–Kier alpha value is -1.39. The molecule has 1 aromatic rings. The number of hydrogen-bond donors (Lipinski definition) is 1. The van der Waals surface area contributed by atoms with Gasteiger partial charge >= 0.3 is 0 Å². The zero-order valence-electron chi connectivity index (χ0n) is 11.2. The van der Waals surface area contributed by atoms with Crippen molar-refractivity contribution in [1.82, 2.24) is 20.1 Å². The number of nitrogens with one attached hydrogen (secondary N) is 1. The van der Waals surface area contributed by atoms with Crippen molar-refractivity contribution in [2.75, 3.05) is 6.54 Å². The molecule has 0 radical (unpaired) electrons. The van der Waals surface area contributed by atoms with Crippen LogP contribution in [0.3, 0.4) is 0 Å². The minimum absolute atomic E-state index is 0.000995. The molecule has 1 amide bonds. The van der Waals surface area contributed by atoms with Crippen LogP contribution in [0.4, 0.5) is 0 Å². The van der Waals surface area contributed by atoms with Crippen molar-refractivity contribution in [2.45, 2.75) is 46.1 Å². The fraction of sp³-hybridized carbons (Fsp3) is 0.769. The van der Waals surface area contributed by atoms with Gasteiger partial charge in [-0.1, -0.05) is 20.8 Å². The molecule has 1 aliphatic carbocycles. The first-order valence-corrected chi connectivity index (χ1v) is 6.55. The van der Waals surface area contributed by atoms with Crippen molar-refractivity contribution in [3.05, 3.63) is 12.2 Å². The minimum atomic E-state index is -0.000995. The van der Waals surface area contributed by atoms with Crippen molar-refractivity contribution in [2.24, 2.45) is 10.8 Å². The van der Waals surface area contributed by atoms with Crippen molar-refractivity contribution >= 4 is 5.91 Å². The number of nitrogens with zero attached hydrogens (tertiary/aromatic N) is 3. The average Bonchev–Trinajstić information content (AvgIpc) is 2.82. The predicted octanol–water partition coefficient (Wildman–Crippen LogP) is 1.85. The Bertz CT molecular complexity index is 467. The molecule has 1 saturated carbocycles. The van der Waals surface area contributed by atoms with Crippen LogP contribution in [-0.2, 0) is 0 Å². The largest absolute Gasteiger partial charge is 0.332 e. The van der Waals surface area contributed by atoms with Crippen LogP contribution in [0.2, 0.25) is 0 Å². The van der Waals surface area contributed by atoms with Crippen LogP contribution in [0.15, 0.2) is 6.33 Å². The third kappa shape index (κ3) is 1.82. The molecule has 1 aromatic heterocycles. The standard InChI is InChI=1S/C13H20N4O/c1-12(2)4-9-5-13(3,6-12)7-17(9)11(18)10-14-8-15-16-10/h8-9H,4-7H2,1-3H3,(H,14,15,16). The molecule has 2 fully saturated rings. The van der Waals surface area contributed by atoms with E-state index in [0.717, 1.165) is 19.4 Å². The first kappa shape index (κ1) is 11.7. The number of H-pyrrole nitrogens is 1. The molecular weight excluding hydrogens is 228 g/mol. The lowest BCUT2D eigenvalue weighted by Gasteiger charge is -2.39. The summed E-state index contributed by atoms with van der Waals surface area (Å²) in [6.45, 7) is 7.76. The lowest BCUT2D eigenvalue weighted by atomic mass is 9.65. The molecule has 3 rings (SSSR count). The highest BCUT2D eigenvalue weighted by Gasteiger charge is 2.51. The van der Waals surface area contributed by atoms with Crippen LogP contribution < -0.4 is 0 Å². The van der Waals surface area contributed by atoms with Gasteiger partial charge in [0.1, 0.15) is 6.33 Å². The van der Waals surface area contributed by atoms with Crippen LogP contribution in [0, 0.1) is 10.8 Å². The minimum Gasteiger partial charge on any atom is -0.332 e. The zero-order valence-corrected chi connectivity index (χ0v) is 11.2. The van der Waals surface area contributed by atoms with Crippen LogP contribution in [0.5, 0.6) is 0 Å². The number of amides is 1. The lowest BCUT2D eigenvalue weighted by molar-refractivity contribution is 0.0696. The second-order valence-electron chi connectivity index (χ2n) is 6.98. The quantitative estimate of drug-likeness (QED) is 0.825. The molecule has 5 heteroatoms. The summed E-state index contributed by atoms with van der Waals surface area (Å²) in [5, 5.41) is 6.44. The van der Waals surface area contributed by atoms with Gasteiger partial charge in [-0.05, 0) is 30.1 Å². The summed E-state index contributed by atoms with van der Waals surface area (Å²) in [5.74, 6) is 0.364. The van der Waals surface area contributed by atoms with Gasteiger partial charge < -0.3 is 4.90 Å². The van der Waals surface area contributed by atoms with E-state index in [9.17, 15) is 4.79 Å². The summed E-state index contributed by atoms with van der Waals surface area (Å²) in [4.78, 5) is 18.4. The molecule has 2 heterocycles. The average molecular weight is 248 g/mol. The number of likely N-dealkylation sites (tertiary alicyclic amines) is 1. The highest BCUT2D eigenvalue weighted by atomic mass is 16.2. The summed E-state index contributed by atoms with van der Waals surface area (Å²) < 4.78 is 0. The Balaban J connectivity index is 1.86. The molecule has 0 spiro atoms. The normalized spacial score (nSPS) is 33.7. The molecular formula is C13H20N4O. The van der Waals surface area contributed by atoms with Gasteiger partial charge in [-0.2, -0.15) is 5.10 Å². The molecule has 2 atom stereocenters. The number of hydrogen-bond acceptors (Lipinski definition) is 3. The highest BCUT2D eigenvalue weighted by Crippen LogP contribution is 2.52. The number of fused-ring (bicyclic) bond motifs is 2. The molecule has 1 saturated heterocycles. The van der Waals surface area contributed by atoms with Crippen LogP contribution in [0.1, 0.15) is 50.7 Å². The van der Waals surface area contributed by atoms with Gasteiger partial charge in [0.25, 0.3) is 5.91 Å². The van der Waals surface area contributed by atoms with E-state index < -0.39 is 0 Å². The molecule has 0 aromatic carbocycles. The summed E-state index contributed by atoms with van der Waals surface area (Å²) in [6, 6.07) is 0.358. The smallest absolute Gasteiger partial charge is 0.291 e. The van der Waals surface area contributed by atoms with Gasteiger partial charge in [-0.15, -0.1) is 0 Å². The molecule has 1 N–H and O–H groups in total.